The molecule has 2 rings (SSSR count). The Labute approximate surface area is 129 Å². The fourth-order valence-corrected chi connectivity index (χ4v) is 2.03. The van der Waals surface area contributed by atoms with Gasteiger partial charge in [0.05, 0.1) is 17.9 Å². The van der Waals surface area contributed by atoms with Crippen LogP contribution in [0.3, 0.4) is 0 Å². The molecule has 0 aliphatic carbocycles. The maximum absolute atomic E-state index is 10.5. The van der Waals surface area contributed by atoms with Crippen LogP contribution in [-0.2, 0) is 11.3 Å². The second-order valence-corrected chi connectivity index (χ2v) is 6.22. The number of carbonyl (C=O) groups is 1. The van der Waals surface area contributed by atoms with Crippen LogP contribution in [0.1, 0.15) is 36.8 Å². The minimum atomic E-state index is -0.0388. The average molecular weight is 307 g/mol. The molecule has 1 N–H and O–H groups in total. The van der Waals surface area contributed by atoms with Crippen LogP contribution >= 0.6 is 11.3 Å². The van der Waals surface area contributed by atoms with E-state index in [1.54, 1.807) is 19.2 Å². The number of aldehydes is 1. The summed E-state index contributed by atoms with van der Waals surface area (Å²) in [4.78, 5) is 14.7. The minimum absolute atomic E-state index is 0.0388. The molecule has 1 aromatic heterocycles. The number of carbonyl (C=O) groups excluding carboxylic acids is 1. The van der Waals surface area contributed by atoms with Gasteiger partial charge in [0, 0.05) is 23.6 Å². The summed E-state index contributed by atoms with van der Waals surface area (Å²) in [5.41, 5.74) is 2.33. The SMILES string of the molecule is COC(C)(C)C.O=Cc1ccc(-c2nc(CO)cs2)cc1. The molecule has 21 heavy (non-hydrogen) atoms. The predicted octanol–water partition coefficient (Wildman–Crippen LogP) is 3.55. The van der Waals surface area contributed by atoms with Crippen molar-refractivity contribution in [1.29, 1.82) is 0 Å². The zero-order valence-corrected chi connectivity index (χ0v) is 13.6. The third-order valence-corrected chi connectivity index (χ3v) is 3.56. The molecule has 4 nitrogen and oxygen atoms in total. The first kappa shape index (κ1) is 17.5. The summed E-state index contributed by atoms with van der Waals surface area (Å²) in [6.07, 6.45) is 0.810. The molecule has 0 fully saturated rings. The zero-order valence-electron chi connectivity index (χ0n) is 12.8. The molecule has 0 saturated carbocycles. The van der Waals surface area contributed by atoms with Crippen LogP contribution in [0.4, 0.5) is 0 Å². The van der Waals surface area contributed by atoms with Gasteiger partial charge in [0.25, 0.3) is 0 Å². The van der Waals surface area contributed by atoms with Gasteiger partial charge in [-0.05, 0) is 20.8 Å². The highest BCUT2D eigenvalue weighted by molar-refractivity contribution is 7.13. The topological polar surface area (TPSA) is 59.4 Å². The van der Waals surface area contributed by atoms with E-state index in [-0.39, 0.29) is 12.2 Å². The predicted molar refractivity (Wildman–Crippen MR) is 85.6 cm³/mol. The van der Waals surface area contributed by atoms with E-state index in [0.29, 0.717) is 11.3 Å². The van der Waals surface area contributed by atoms with Crippen molar-refractivity contribution in [3.8, 4) is 10.6 Å². The lowest BCUT2D eigenvalue weighted by Crippen LogP contribution is -2.15. The van der Waals surface area contributed by atoms with Gasteiger partial charge in [0.15, 0.2) is 0 Å². The fraction of sp³-hybridized carbons (Fsp3) is 0.375. The summed E-state index contributed by atoms with van der Waals surface area (Å²) >= 11 is 1.48. The quantitative estimate of drug-likeness (QED) is 0.881. The number of hydrogen-bond donors (Lipinski definition) is 1. The highest BCUT2D eigenvalue weighted by Crippen LogP contribution is 2.23. The Morgan fingerprint density at radius 3 is 2.24 bits per heavy atom. The molecule has 0 aliphatic heterocycles. The Bertz CT molecular complexity index is 556. The van der Waals surface area contributed by atoms with Gasteiger partial charge in [-0.1, -0.05) is 24.3 Å². The van der Waals surface area contributed by atoms with Gasteiger partial charge in [0.1, 0.15) is 11.3 Å². The van der Waals surface area contributed by atoms with Crippen molar-refractivity contribution >= 4 is 17.6 Å². The van der Waals surface area contributed by atoms with E-state index in [0.717, 1.165) is 16.9 Å². The van der Waals surface area contributed by atoms with E-state index in [2.05, 4.69) is 4.98 Å². The minimum Gasteiger partial charge on any atom is -0.390 e. The molecule has 0 aliphatic rings. The third kappa shape index (κ3) is 6.16. The Balaban J connectivity index is 0.000000315. The van der Waals surface area contributed by atoms with Crippen LogP contribution in [0.5, 0.6) is 0 Å². The standard InChI is InChI=1S/C11H9NO2S.C5H12O/c13-5-8-1-3-9(4-2-8)11-12-10(6-14)7-15-11;1-5(2,3)6-4/h1-5,7,14H,6H2;1-4H3. The average Bonchev–Trinajstić information content (AvgIpc) is 2.96. The Morgan fingerprint density at radius 2 is 1.86 bits per heavy atom. The van der Waals surface area contributed by atoms with Crippen molar-refractivity contribution in [2.45, 2.75) is 33.0 Å². The van der Waals surface area contributed by atoms with Crippen molar-refractivity contribution in [2.75, 3.05) is 7.11 Å². The van der Waals surface area contributed by atoms with Crippen LogP contribution in [-0.4, -0.2) is 29.1 Å². The molecule has 0 amide bonds. The lowest BCUT2D eigenvalue weighted by molar-refractivity contribution is 0.0397. The number of benzene rings is 1. The molecule has 0 radical (unpaired) electrons. The van der Waals surface area contributed by atoms with E-state index in [9.17, 15) is 4.79 Å². The Kier molecular flexibility index (Phi) is 6.68. The summed E-state index contributed by atoms with van der Waals surface area (Å²) in [6.45, 7) is 6.02. The summed E-state index contributed by atoms with van der Waals surface area (Å²) in [5.74, 6) is 0. The zero-order chi connectivity index (χ0) is 15.9. The van der Waals surface area contributed by atoms with E-state index in [1.165, 1.54) is 11.3 Å². The lowest BCUT2D eigenvalue weighted by atomic mass is 10.1. The van der Waals surface area contributed by atoms with E-state index in [1.807, 2.05) is 38.3 Å². The molecule has 1 aromatic carbocycles. The van der Waals surface area contributed by atoms with E-state index < -0.39 is 0 Å². The molecule has 5 heteroatoms. The van der Waals surface area contributed by atoms with Crippen LogP contribution in [0.25, 0.3) is 10.6 Å². The first-order chi connectivity index (χ1) is 9.89. The number of methoxy groups -OCH3 is 1. The Morgan fingerprint density at radius 1 is 1.29 bits per heavy atom. The van der Waals surface area contributed by atoms with Crippen molar-refractivity contribution < 1.29 is 14.6 Å². The van der Waals surface area contributed by atoms with Crippen molar-refractivity contribution in [3.05, 3.63) is 40.9 Å². The fourth-order valence-electron chi connectivity index (χ4n) is 1.22. The number of ether oxygens (including phenoxy) is 1. The van der Waals surface area contributed by atoms with Gasteiger partial charge in [-0.2, -0.15) is 0 Å². The molecule has 0 spiro atoms. The number of nitrogens with zero attached hydrogens (tertiary/aromatic N) is 1. The number of thiazole rings is 1. The molecule has 0 bridgehead atoms. The largest absolute Gasteiger partial charge is 0.390 e. The maximum Gasteiger partial charge on any atom is 0.150 e. The summed E-state index contributed by atoms with van der Waals surface area (Å²) < 4.78 is 4.94. The number of aromatic nitrogens is 1. The molecule has 0 saturated heterocycles. The number of aliphatic hydroxyl groups excluding tert-OH is 1. The molecule has 0 atom stereocenters. The van der Waals surface area contributed by atoms with Gasteiger partial charge in [-0.3, -0.25) is 4.79 Å². The monoisotopic (exact) mass is 307 g/mol. The van der Waals surface area contributed by atoms with Gasteiger partial charge in [-0.25, -0.2) is 4.98 Å². The Hall–Kier alpha value is -1.56. The first-order valence-corrected chi connectivity index (χ1v) is 7.43. The molecule has 1 heterocycles. The molecular weight excluding hydrogens is 286 g/mol. The van der Waals surface area contributed by atoms with Crippen molar-refractivity contribution in [2.24, 2.45) is 0 Å². The summed E-state index contributed by atoms with van der Waals surface area (Å²) in [6, 6.07) is 7.21. The molecule has 2 aromatic rings. The van der Waals surface area contributed by atoms with Gasteiger partial charge >= 0.3 is 0 Å². The second-order valence-electron chi connectivity index (χ2n) is 5.36. The highest BCUT2D eigenvalue weighted by atomic mass is 32.1. The van der Waals surface area contributed by atoms with Crippen molar-refractivity contribution in [1.82, 2.24) is 4.98 Å². The maximum atomic E-state index is 10.5. The number of hydrogen-bond acceptors (Lipinski definition) is 5. The second kappa shape index (κ2) is 8.02. The number of aliphatic hydroxyl groups is 1. The smallest absolute Gasteiger partial charge is 0.150 e. The molecular formula is C16H21NO3S. The van der Waals surface area contributed by atoms with Gasteiger partial charge in [-0.15, -0.1) is 11.3 Å². The van der Waals surface area contributed by atoms with Crippen LogP contribution in [0.15, 0.2) is 29.6 Å². The third-order valence-electron chi connectivity index (χ3n) is 2.62. The molecule has 114 valence electrons. The summed E-state index contributed by atoms with van der Waals surface area (Å²) in [7, 11) is 1.71. The molecule has 0 unspecified atom stereocenters. The highest BCUT2D eigenvalue weighted by Gasteiger charge is 2.04. The van der Waals surface area contributed by atoms with E-state index in [4.69, 9.17) is 9.84 Å². The van der Waals surface area contributed by atoms with Crippen LogP contribution in [0.2, 0.25) is 0 Å². The lowest BCUT2D eigenvalue weighted by Gasteiger charge is -2.14. The van der Waals surface area contributed by atoms with Crippen LogP contribution in [0, 0.1) is 0 Å². The normalized spacial score (nSPS) is 10.7. The summed E-state index contributed by atoms with van der Waals surface area (Å²) in [5, 5.41) is 11.6. The van der Waals surface area contributed by atoms with Crippen molar-refractivity contribution in [3.63, 3.8) is 0 Å². The first-order valence-electron chi connectivity index (χ1n) is 6.55. The van der Waals surface area contributed by atoms with Gasteiger partial charge < -0.3 is 9.84 Å². The van der Waals surface area contributed by atoms with Crippen LogP contribution < -0.4 is 0 Å². The van der Waals surface area contributed by atoms with E-state index >= 15 is 0 Å². The number of rotatable bonds is 3. The van der Waals surface area contributed by atoms with Gasteiger partial charge in [0.2, 0.25) is 0 Å².